The Morgan fingerprint density at radius 2 is 2.00 bits per heavy atom. The number of ether oxygens (including phenoxy) is 1. The largest absolute Gasteiger partial charge is 0.354 e. The minimum atomic E-state index is -0.130. The maximum Gasteiger partial charge on any atom is 0.180 e. The van der Waals surface area contributed by atoms with E-state index in [1.54, 1.807) is 7.11 Å². The SMILES string of the molecule is COC(CNCC(C)C)OI. The Morgan fingerprint density at radius 1 is 1.36 bits per heavy atom. The van der Waals surface area contributed by atoms with Crippen molar-refractivity contribution in [3.8, 4) is 0 Å². The van der Waals surface area contributed by atoms with Crippen LogP contribution in [0.25, 0.3) is 0 Å². The molecule has 0 saturated heterocycles. The zero-order chi connectivity index (χ0) is 8.69. The van der Waals surface area contributed by atoms with E-state index in [0.29, 0.717) is 5.92 Å². The van der Waals surface area contributed by atoms with E-state index in [4.69, 9.17) is 7.80 Å². The van der Waals surface area contributed by atoms with E-state index in [2.05, 4.69) is 19.2 Å². The summed E-state index contributed by atoms with van der Waals surface area (Å²) in [4.78, 5) is 0. The van der Waals surface area contributed by atoms with Crippen LogP contribution < -0.4 is 5.32 Å². The fourth-order valence-electron chi connectivity index (χ4n) is 0.641. The molecular formula is C7H16INO2. The monoisotopic (exact) mass is 273 g/mol. The van der Waals surface area contributed by atoms with E-state index < -0.39 is 0 Å². The van der Waals surface area contributed by atoms with Crippen molar-refractivity contribution >= 4 is 23.0 Å². The molecule has 68 valence electrons. The van der Waals surface area contributed by atoms with Crippen LogP contribution >= 0.6 is 23.0 Å². The molecule has 0 aliphatic carbocycles. The van der Waals surface area contributed by atoms with Gasteiger partial charge in [-0.25, -0.2) is 0 Å². The van der Waals surface area contributed by atoms with Crippen molar-refractivity contribution < 1.29 is 7.80 Å². The van der Waals surface area contributed by atoms with Crippen molar-refractivity contribution in [2.45, 2.75) is 20.1 Å². The summed E-state index contributed by atoms with van der Waals surface area (Å²) in [6.45, 7) is 6.08. The summed E-state index contributed by atoms with van der Waals surface area (Å²) in [5.74, 6) is 0.668. The first-order valence-corrected chi connectivity index (χ1v) is 4.59. The maximum atomic E-state index is 4.99. The fourth-order valence-corrected chi connectivity index (χ4v) is 1.03. The maximum absolute atomic E-state index is 4.99. The molecule has 0 fully saturated rings. The van der Waals surface area contributed by atoms with Crippen LogP contribution in [0.4, 0.5) is 0 Å². The standard InChI is InChI=1S/C7H16INO2/c1-6(2)4-9-5-7(10-3)11-8/h6-7,9H,4-5H2,1-3H3. The van der Waals surface area contributed by atoms with E-state index in [9.17, 15) is 0 Å². The first kappa shape index (κ1) is 11.6. The molecule has 11 heavy (non-hydrogen) atoms. The van der Waals surface area contributed by atoms with Crippen molar-refractivity contribution in [2.24, 2.45) is 5.92 Å². The van der Waals surface area contributed by atoms with Gasteiger partial charge in [0.05, 0.1) is 0 Å². The molecule has 0 rings (SSSR count). The first-order chi connectivity index (χ1) is 5.20. The molecule has 1 unspecified atom stereocenters. The van der Waals surface area contributed by atoms with Crippen LogP contribution in [-0.4, -0.2) is 26.5 Å². The van der Waals surface area contributed by atoms with Gasteiger partial charge in [-0.2, -0.15) is 0 Å². The van der Waals surface area contributed by atoms with Gasteiger partial charge in [0.15, 0.2) is 6.29 Å². The first-order valence-electron chi connectivity index (χ1n) is 3.71. The molecule has 0 saturated carbocycles. The summed E-state index contributed by atoms with van der Waals surface area (Å²) < 4.78 is 9.96. The van der Waals surface area contributed by atoms with Crippen LogP contribution in [0.3, 0.4) is 0 Å². The average molecular weight is 273 g/mol. The van der Waals surface area contributed by atoms with E-state index in [1.165, 1.54) is 0 Å². The Kier molecular flexibility index (Phi) is 7.67. The van der Waals surface area contributed by atoms with Gasteiger partial charge in [0.2, 0.25) is 0 Å². The Hall–Kier alpha value is 0.610. The Bertz CT molecular complexity index is 86.5. The van der Waals surface area contributed by atoms with Gasteiger partial charge in [0, 0.05) is 13.7 Å². The summed E-state index contributed by atoms with van der Waals surface area (Å²) in [7, 11) is 1.64. The van der Waals surface area contributed by atoms with Crippen molar-refractivity contribution in [3.05, 3.63) is 0 Å². The lowest BCUT2D eigenvalue weighted by Gasteiger charge is -2.13. The molecule has 1 atom stereocenters. The summed E-state index contributed by atoms with van der Waals surface area (Å²) in [6.07, 6.45) is -0.130. The third-order valence-corrected chi connectivity index (χ3v) is 1.79. The molecule has 3 nitrogen and oxygen atoms in total. The average Bonchev–Trinajstić information content (AvgIpc) is 1.98. The van der Waals surface area contributed by atoms with Crippen molar-refractivity contribution in [1.29, 1.82) is 0 Å². The van der Waals surface area contributed by atoms with Gasteiger partial charge in [-0.1, -0.05) is 13.8 Å². The second-order valence-electron chi connectivity index (χ2n) is 2.81. The van der Waals surface area contributed by atoms with Gasteiger partial charge >= 0.3 is 0 Å². The summed E-state index contributed by atoms with van der Waals surface area (Å²) in [5, 5.41) is 3.23. The summed E-state index contributed by atoms with van der Waals surface area (Å²) >= 11 is 1.84. The minimum Gasteiger partial charge on any atom is -0.354 e. The van der Waals surface area contributed by atoms with Crippen LogP contribution in [-0.2, 0) is 7.80 Å². The number of hydrogen-bond acceptors (Lipinski definition) is 3. The highest BCUT2D eigenvalue weighted by Crippen LogP contribution is 1.97. The van der Waals surface area contributed by atoms with E-state index in [0.717, 1.165) is 13.1 Å². The highest BCUT2D eigenvalue weighted by molar-refractivity contribution is 14.1. The van der Waals surface area contributed by atoms with Gasteiger partial charge in [-0.3, -0.25) is 3.07 Å². The Morgan fingerprint density at radius 3 is 2.36 bits per heavy atom. The minimum absolute atomic E-state index is 0.130. The van der Waals surface area contributed by atoms with Crippen molar-refractivity contribution in [1.82, 2.24) is 5.32 Å². The van der Waals surface area contributed by atoms with E-state index >= 15 is 0 Å². The van der Waals surface area contributed by atoms with Gasteiger partial charge in [0.1, 0.15) is 23.0 Å². The zero-order valence-electron chi connectivity index (χ0n) is 7.26. The molecule has 0 spiro atoms. The third-order valence-electron chi connectivity index (χ3n) is 1.23. The van der Waals surface area contributed by atoms with Crippen LogP contribution in [0.1, 0.15) is 13.8 Å². The van der Waals surface area contributed by atoms with E-state index in [1.807, 2.05) is 23.0 Å². The molecule has 4 heteroatoms. The fraction of sp³-hybridized carbons (Fsp3) is 1.00. The Balaban J connectivity index is 3.21. The molecule has 0 bridgehead atoms. The lowest BCUT2D eigenvalue weighted by Crippen LogP contribution is -2.30. The molecule has 0 aromatic rings. The van der Waals surface area contributed by atoms with Crippen LogP contribution in [0, 0.1) is 5.92 Å². The van der Waals surface area contributed by atoms with Crippen molar-refractivity contribution in [3.63, 3.8) is 0 Å². The molecular weight excluding hydrogens is 257 g/mol. The highest BCUT2D eigenvalue weighted by Gasteiger charge is 2.04. The molecule has 0 aliphatic rings. The van der Waals surface area contributed by atoms with Gasteiger partial charge < -0.3 is 10.1 Å². The van der Waals surface area contributed by atoms with Gasteiger partial charge in [-0.15, -0.1) is 0 Å². The molecule has 0 aromatic carbocycles. The second-order valence-corrected chi connectivity index (χ2v) is 3.31. The molecule has 0 amide bonds. The molecule has 0 heterocycles. The smallest absolute Gasteiger partial charge is 0.180 e. The van der Waals surface area contributed by atoms with Crippen LogP contribution in [0.2, 0.25) is 0 Å². The zero-order valence-corrected chi connectivity index (χ0v) is 9.42. The van der Waals surface area contributed by atoms with Crippen molar-refractivity contribution in [2.75, 3.05) is 20.2 Å². The molecule has 0 aromatic heterocycles. The number of nitrogens with one attached hydrogen (secondary N) is 1. The second kappa shape index (κ2) is 7.27. The van der Waals surface area contributed by atoms with E-state index in [-0.39, 0.29) is 6.29 Å². The van der Waals surface area contributed by atoms with Crippen LogP contribution in [0.5, 0.6) is 0 Å². The lowest BCUT2D eigenvalue weighted by molar-refractivity contribution is -0.0226. The topological polar surface area (TPSA) is 30.5 Å². The predicted molar refractivity (Wildman–Crippen MR) is 53.6 cm³/mol. The Labute approximate surface area is 82.5 Å². The normalized spacial score (nSPS) is 13.9. The van der Waals surface area contributed by atoms with Gasteiger partial charge in [-0.05, 0) is 12.5 Å². The number of methoxy groups -OCH3 is 1. The number of rotatable bonds is 6. The highest BCUT2D eigenvalue weighted by atomic mass is 127. The molecule has 0 radical (unpaired) electrons. The number of hydrogen-bond donors (Lipinski definition) is 1. The summed E-state index contributed by atoms with van der Waals surface area (Å²) in [5.41, 5.74) is 0. The summed E-state index contributed by atoms with van der Waals surface area (Å²) in [6, 6.07) is 0. The van der Waals surface area contributed by atoms with Crippen LogP contribution in [0.15, 0.2) is 0 Å². The molecule has 0 aliphatic heterocycles. The molecule has 1 N–H and O–H groups in total. The predicted octanol–water partition coefficient (Wildman–Crippen LogP) is 1.57. The third kappa shape index (κ3) is 6.99. The quantitative estimate of drug-likeness (QED) is 0.588. The lowest BCUT2D eigenvalue weighted by atomic mass is 10.2. The van der Waals surface area contributed by atoms with Gasteiger partial charge in [0.25, 0.3) is 0 Å². The number of halogens is 1.